The van der Waals surface area contributed by atoms with Crippen molar-refractivity contribution in [2.45, 2.75) is 6.54 Å². The third-order valence-corrected chi connectivity index (χ3v) is 3.72. The van der Waals surface area contributed by atoms with Crippen LogP contribution in [0.4, 0.5) is 0 Å². The first-order valence-corrected chi connectivity index (χ1v) is 8.28. The molecule has 0 bridgehead atoms. The summed E-state index contributed by atoms with van der Waals surface area (Å²) in [5.41, 5.74) is 1.14. The van der Waals surface area contributed by atoms with Gasteiger partial charge in [-0.3, -0.25) is 4.79 Å². The fraction of sp³-hybridized carbons (Fsp3) is 0.368. The van der Waals surface area contributed by atoms with Crippen LogP contribution in [0.2, 0.25) is 0 Å². The second-order valence-electron chi connectivity index (χ2n) is 5.41. The number of ether oxygens (including phenoxy) is 5. The fourth-order valence-corrected chi connectivity index (χ4v) is 2.42. The van der Waals surface area contributed by atoms with Crippen LogP contribution >= 0.6 is 0 Å². The first kappa shape index (κ1) is 20.3. The Balaban J connectivity index is 2.12. The Bertz CT molecular complexity index is 741. The topological polar surface area (TPSA) is 88.1 Å². The molecule has 0 atom stereocenters. The van der Waals surface area contributed by atoms with Crippen LogP contribution in [0.1, 0.15) is 15.9 Å². The monoisotopic (exact) mass is 376 g/mol. The van der Waals surface area contributed by atoms with E-state index >= 15 is 0 Å². The highest BCUT2D eigenvalue weighted by molar-refractivity contribution is 5.96. The van der Waals surface area contributed by atoms with E-state index in [1.165, 1.54) is 7.11 Å². The second-order valence-corrected chi connectivity index (χ2v) is 5.41. The number of hydrogen-bond donors (Lipinski definition) is 1. The van der Waals surface area contributed by atoms with E-state index in [4.69, 9.17) is 23.7 Å². The number of carbonyl (C=O) groups excluding carboxylic acids is 1. The molecule has 1 heterocycles. The van der Waals surface area contributed by atoms with E-state index < -0.39 is 0 Å². The molecule has 8 heteroatoms. The lowest BCUT2D eigenvalue weighted by atomic mass is 10.1. The molecule has 0 aliphatic rings. The van der Waals surface area contributed by atoms with Crippen molar-refractivity contribution in [1.29, 1.82) is 0 Å². The summed E-state index contributed by atoms with van der Waals surface area (Å²) in [5, 5.41) is 2.84. The zero-order chi connectivity index (χ0) is 19.6. The lowest BCUT2D eigenvalue weighted by Crippen LogP contribution is -2.24. The van der Waals surface area contributed by atoms with E-state index in [1.807, 2.05) is 0 Å². The number of amides is 1. The van der Waals surface area contributed by atoms with Crippen molar-refractivity contribution >= 4 is 5.91 Å². The molecule has 0 unspecified atom stereocenters. The molecular weight excluding hydrogens is 352 g/mol. The molecule has 0 saturated carbocycles. The summed E-state index contributed by atoms with van der Waals surface area (Å²) in [5.74, 6) is 1.49. The van der Waals surface area contributed by atoms with Gasteiger partial charge >= 0.3 is 0 Å². The van der Waals surface area contributed by atoms with Gasteiger partial charge in [0.15, 0.2) is 11.5 Å². The SMILES string of the molecule is COCCOc1ncccc1C(=O)NCc1cc(OC)c(OC)c(OC)c1. The maximum absolute atomic E-state index is 12.6. The lowest BCUT2D eigenvalue weighted by Gasteiger charge is -2.15. The Morgan fingerprint density at radius 2 is 1.74 bits per heavy atom. The van der Waals surface area contributed by atoms with Crippen LogP contribution in [-0.4, -0.2) is 52.5 Å². The van der Waals surface area contributed by atoms with Crippen LogP contribution in [0, 0.1) is 0 Å². The van der Waals surface area contributed by atoms with Crippen molar-refractivity contribution < 1.29 is 28.5 Å². The van der Waals surface area contributed by atoms with Gasteiger partial charge in [0.25, 0.3) is 5.91 Å². The minimum atomic E-state index is -0.302. The minimum absolute atomic E-state index is 0.261. The predicted molar refractivity (Wildman–Crippen MR) is 98.9 cm³/mol. The van der Waals surface area contributed by atoms with Crippen molar-refractivity contribution in [2.75, 3.05) is 41.7 Å². The van der Waals surface area contributed by atoms with Gasteiger partial charge in [-0.05, 0) is 29.8 Å². The molecule has 1 N–H and O–H groups in total. The first-order chi connectivity index (χ1) is 13.1. The number of hydrogen-bond acceptors (Lipinski definition) is 7. The van der Waals surface area contributed by atoms with Crippen LogP contribution in [-0.2, 0) is 11.3 Å². The van der Waals surface area contributed by atoms with E-state index in [1.54, 1.807) is 51.8 Å². The minimum Gasteiger partial charge on any atom is -0.493 e. The average Bonchev–Trinajstić information content (AvgIpc) is 2.71. The molecule has 8 nitrogen and oxygen atoms in total. The highest BCUT2D eigenvalue weighted by atomic mass is 16.5. The van der Waals surface area contributed by atoms with Gasteiger partial charge in [-0.1, -0.05) is 0 Å². The molecule has 0 radical (unpaired) electrons. The largest absolute Gasteiger partial charge is 0.493 e. The molecule has 1 aromatic heterocycles. The molecule has 2 aromatic rings. The molecular formula is C19H24N2O6. The van der Waals surface area contributed by atoms with Crippen LogP contribution in [0.5, 0.6) is 23.1 Å². The molecule has 27 heavy (non-hydrogen) atoms. The fourth-order valence-electron chi connectivity index (χ4n) is 2.42. The van der Waals surface area contributed by atoms with Crippen LogP contribution in [0.15, 0.2) is 30.5 Å². The van der Waals surface area contributed by atoms with Crippen molar-refractivity contribution in [3.8, 4) is 23.1 Å². The molecule has 0 saturated heterocycles. The van der Waals surface area contributed by atoms with Crippen LogP contribution in [0.25, 0.3) is 0 Å². The van der Waals surface area contributed by atoms with Crippen LogP contribution in [0.3, 0.4) is 0 Å². The summed E-state index contributed by atoms with van der Waals surface area (Å²) < 4.78 is 26.4. The van der Waals surface area contributed by atoms with Crippen molar-refractivity contribution in [3.05, 3.63) is 41.6 Å². The Morgan fingerprint density at radius 3 is 2.33 bits per heavy atom. The van der Waals surface area contributed by atoms with Gasteiger partial charge in [-0.2, -0.15) is 0 Å². The number of nitrogens with one attached hydrogen (secondary N) is 1. The molecule has 1 aromatic carbocycles. The van der Waals surface area contributed by atoms with E-state index in [-0.39, 0.29) is 18.3 Å². The Hall–Kier alpha value is -3.00. The molecule has 0 aliphatic carbocycles. The normalized spacial score (nSPS) is 10.2. The molecule has 0 aliphatic heterocycles. The quantitative estimate of drug-likeness (QED) is 0.635. The number of methoxy groups -OCH3 is 4. The third-order valence-electron chi connectivity index (χ3n) is 3.72. The highest BCUT2D eigenvalue weighted by Crippen LogP contribution is 2.38. The van der Waals surface area contributed by atoms with E-state index in [2.05, 4.69) is 10.3 Å². The van der Waals surface area contributed by atoms with Crippen molar-refractivity contribution in [3.63, 3.8) is 0 Å². The smallest absolute Gasteiger partial charge is 0.257 e. The number of aromatic nitrogens is 1. The number of benzene rings is 1. The standard InChI is InChI=1S/C19H24N2O6/c1-23-8-9-27-19-14(6-5-7-20-19)18(22)21-12-13-10-15(24-2)17(26-4)16(11-13)25-3/h5-7,10-11H,8-9,12H2,1-4H3,(H,21,22). The average molecular weight is 376 g/mol. The van der Waals surface area contributed by atoms with Gasteiger partial charge in [-0.25, -0.2) is 4.98 Å². The number of nitrogens with zero attached hydrogens (tertiary/aromatic N) is 1. The molecule has 1 amide bonds. The summed E-state index contributed by atoms with van der Waals surface area (Å²) in [7, 11) is 6.19. The summed E-state index contributed by atoms with van der Waals surface area (Å²) in [4.78, 5) is 16.7. The van der Waals surface area contributed by atoms with Gasteiger partial charge in [0, 0.05) is 19.9 Å². The third kappa shape index (κ3) is 5.24. The molecule has 0 fully saturated rings. The summed E-state index contributed by atoms with van der Waals surface area (Å²) in [6.45, 7) is 0.978. The zero-order valence-electron chi connectivity index (χ0n) is 15.9. The zero-order valence-corrected chi connectivity index (χ0v) is 15.9. The van der Waals surface area contributed by atoms with Crippen molar-refractivity contribution in [2.24, 2.45) is 0 Å². The Morgan fingerprint density at radius 1 is 1.04 bits per heavy atom. The number of pyridine rings is 1. The summed E-state index contributed by atoms with van der Waals surface area (Å²) in [6, 6.07) is 6.89. The molecule has 146 valence electrons. The Labute approximate surface area is 158 Å². The summed E-state index contributed by atoms with van der Waals surface area (Å²) in [6.07, 6.45) is 1.57. The van der Waals surface area contributed by atoms with E-state index in [9.17, 15) is 4.79 Å². The highest BCUT2D eigenvalue weighted by Gasteiger charge is 2.16. The van der Waals surface area contributed by atoms with Gasteiger partial charge in [-0.15, -0.1) is 0 Å². The molecule has 0 spiro atoms. The second kappa shape index (κ2) is 10.2. The predicted octanol–water partition coefficient (Wildman–Crippen LogP) is 2.06. The number of carbonyl (C=O) groups is 1. The van der Waals surface area contributed by atoms with Gasteiger partial charge < -0.3 is 29.0 Å². The summed E-state index contributed by atoms with van der Waals surface area (Å²) >= 11 is 0. The number of rotatable bonds is 10. The first-order valence-electron chi connectivity index (χ1n) is 8.28. The van der Waals surface area contributed by atoms with Gasteiger partial charge in [0.1, 0.15) is 12.2 Å². The Kier molecular flexibility index (Phi) is 7.69. The molecule has 2 rings (SSSR count). The maximum atomic E-state index is 12.6. The van der Waals surface area contributed by atoms with E-state index in [0.717, 1.165) is 5.56 Å². The van der Waals surface area contributed by atoms with Crippen molar-refractivity contribution in [1.82, 2.24) is 10.3 Å². The maximum Gasteiger partial charge on any atom is 0.257 e. The van der Waals surface area contributed by atoms with Crippen LogP contribution < -0.4 is 24.3 Å². The van der Waals surface area contributed by atoms with Gasteiger partial charge in [0.2, 0.25) is 11.6 Å². The lowest BCUT2D eigenvalue weighted by molar-refractivity contribution is 0.0941. The van der Waals surface area contributed by atoms with E-state index in [0.29, 0.717) is 36.0 Å². The van der Waals surface area contributed by atoms with Gasteiger partial charge in [0.05, 0.1) is 27.9 Å².